The van der Waals surface area contributed by atoms with Crippen molar-refractivity contribution in [3.8, 4) is 0 Å². The van der Waals surface area contributed by atoms with Gasteiger partial charge in [0.15, 0.2) is 0 Å². The van der Waals surface area contributed by atoms with Crippen molar-refractivity contribution < 1.29 is 22.7 Å². The van der Waals surface area contributed by atoms with Crippen molar-refractivity contribution in [3.05, 3.63) is 94.0 Å². The van der Waals surface area contributed by atoms with Crippen molar-refractivity contribution in [2.45, 2.75) is 24.8 Å². The first kappa shape index (κ1) is 23.5. The minimum absolute atomic E-state index is 0.112. The van der Waals surface area contributed by atoms with Gasteiger partial charge in [-0.05, 0) is 49.2 Å². The zero-order chi connectivity index (χ0) is 23.5. The van der Waals surface area contributed by atoms with Gasteiger partial charge in [0.2, 0.25) is 16.1 Å². The second-order valence-electron chi connectivity index (χ2n) is 7.19. The number of rotatable bonds is 6. The predicted octanol–water partition coefficient (Wildman–Crippen LogP) is 4.14. The van der Waals surface area contributed by atoms with Crippen LogP contribution in [0.4, 0.5) is 5.69 Å². The average molecular weight is 473 g/mol. The SMILES string of the molecule is Cc1ccc(C)c(NC(=O)[C@@H](OC(=O)c2ccc(Cl)c(S(N)(=O)=O)c2)c2ccccc2)c1. The summed E-state index contributed by atoms with van der Waals surface area (Å²) in [7, 11) is -4.16. The van der Waals surface area contributed by atoms with E-state index in [1.165, 1.54) is 12.1 Å². The number of sulfonamides is 1. The van der Waals surface area contributed by atoms with Crippen LogP contribution in [0.3, 0.4) is 0 Å². The Kier molecular flexibility index (Phi) is 6.98. The van der Waals surface area contributed by atoms with Crippen LogP contribution in [-0.2, 0) is 19.6 Å². The van der Waals surface area contributed by atoms with E-state index in [0.29, 0.717) is 11.3 Å². The molecule has 3 rings (SSSR count). The van der Waals surface area contributed by atoms with Crippen LogP contribution in [0.5, 0.6) is 0 Å². The maximum atomic E-state index is 13.1. The van der Waals surface area contributed by atoms with E-state index in [9.17, 15) is 18.0 Å². The Hall–Kier alpha value is -3.20. The Balaban J connectivity index is 1.93. The third-order valence-corrected chi connectivity index (χ3v) is 6.08. The zero-order valence-electron chi connectivity index (χ0n) is 17.3. The van der Waals surface area contributed by atoms with Gasteiger partial charge in [-0.15, -0.1) is 0 Å². The van der Waals surface area contributed by atoms with Gasteiger partial charge in [0, 0.05) is 11.3 Å². The first-order valence-corrected chi connectivity index (χ1v) is 11.4. The lowest BCUT2D eigenvalue weighted by Gasteiger charge is -2.19. The number of nitrogens with one attached hydrogen (secondary N) is 1. The fraction of sp³-hybridized carbons (Fsp3) is 0.130. The molecule has 3 N–H and O–H groups in total. The number of ether oxygens (including phenoxy) is 1. The monoisotopic (exact) mass is 472 g/mol. The van der Waals surface area contributed by atoms with Crippen molar-refractivity contribution in [3.63, 3.8) is 0 Å². The molecule has 166 valence electrons. The molecule has 1 atom stereocenters. The van der Waals surface area contributed by atoms with Gasteiger partial charge in [-0.2, -0.15) is 0 Å². The van der Waals surface area contributed by atoms with Crippen LogP contribution >= 0.6 is 11.6 Å². The van der Waals surface area contributed by atoms with Crippen molar-refractivity contribution >= 4 is 39.2 Å². The Bertz CT molecular complexity index is 1280. The molecule has 0 aromatic heterocycles. The van der Waals surface area contributed by atoms with Crippen LogP contribution in [0.1, 0.15) is 33.2 Å². The number of nitrogens with two attached hydrogens (primary N) is 1. The van der Waals surface area contributed by atoms with E-state index in [2.05, 4.69) is 5.32 Å². The number of hydrogen-bond acceptors (Lipinski definition) is 5. The summed E-state index contributed by atoms with van der Waals surface area (Å²) < 4.78 is 28.9. The Morgan fingerprint density at radius 1 is 1.00 bits per heavy atom. The zero-order valence-corrected chi connectivity index (χ0v) is 18.9. The summed E-state index contributed by atoms with van der Waals surface area (Å²) in [5, 5.41) is 7.82. The summed E-state index contributed by atoms with van der Waals surface area (Å²) >= 11 is 5.88. The van der Waals surface area contributed by atoms with Crippen LogP contribution in [0.25, 0.3) is 0 Å². The van der Waals surface area contributed by atoms with E-state index in [1.807, 2.05) is 32.0 Å². The standard InChI is InChI=1S/C23H21ClN2O5S/c1-14-8-9-15(2)19(12-14)26-22(27)21(16-6-4-3-5-7-16)31-23(28)17-10-11-18(24)20(13-17)32(25,29)30/h3-13,21H,1-2H3,(H,26,27)(H2,25,29,30)/t21-/m0/s1. The molecular weight excluding hydrogens is 452 g/mol. The lowest BCUT2D eigenvalue weighted by molar-refractivity contribution is -0.125. The van der Waals surface area contributed by atoms with Gasteiger partial charge in [-0.25, -0.2) is 18.4 Å². The highest BCUT2D eigenvalue weighted by molar-refractivity contribution is 7.89. The van der Waals surface area contributed by atoms with Crippen molar-refractivity contribution in [2.75, 3.05) is 5.32 Å². The van der Waals surface area contributed by atoms with Gasteiger partial charge < -0.3 is 10.1 Å². The molecular formula is C23H21ClN2O5S. The first-order valence-electron chi connectivity index (χ1n) is 9.52. The summed E-state index contributed by atoms with van der Waals surface area (Å²) in [4.78, 5) is 25.5. The molecule has 0 fully saturated rings. The molecule has 0 bridgehead atoms. The van der Waals surface area contributed by atoms with Crippen LogP contribution in [0.15, 0.2) is 71.6 Å². The summed E-state index contributed by atoms with van der Waals surface area (Å²) in [6.07, 6.45) is -1.28. The number of aryl methyl sites for hydroxylation is 2. The molecule has 1 amide bonds. The maximum absolute atomic E-state index is 13.1. The van der Waals surface area contributed by atoms with Gasteiger partial charge in [0.25, 0.3) is 5.91 Å². The second kappa shape index (κ2) is 9.52. The highest BCUT2D eigenvalue weighted by atomic mass is 35.5. The molecule has 0 aliphatic carbocycles. The maximum Gasteiger partial charge on any atom is 0.339 e. The molecule has 3 aromatic rings. The summed E-state index contributed by atoms with van der Waals surface area (Å²) in [6, 6.07) is 17.6. The smallest absolute Gasteiger partial charge is 0.339 e. The highest BCUT2D eigenvalue weighted by Crippen LogP contribution is 2.26. The normalized spacial score (nSPS) is 12.1. The van der Waals surface area contributed by atoms with Crippen LogP contribution in [0, 0.1) is 13.8 Å². The molecule has 0 saturated carbocycles. The lowest BCUT2D eigenvalue weighted by atomic mass is 10.1. The molecule has 0 radical (unpaired) electrons. The topological polar surface area (TPSA) is 116 Å². The number of primary sulfonamides is 1. The lowest BCUT2D eigenvalue weighted by Crippen LogP contribution is -2.26. The quantitative estimate of drug-likeness (QED) is 0.523. The Morgan fingerprint density at radius 3 is 2.34 bits per heavy atom. The highest BCUT2D eigenvalue weighted by Gasteiger charge is 2.27. The Morgan fingerprint density at radius 2 is 1.69 bits per heavy atom. The molecule has 0 aliphatic rings. The van der Waals surface area contributed by atoms with Crippen LogP contribution in [0.2, 0.25) is 5.02 Å². The van der Waals surface area contributed by atoms with Crippen molar-refractivity contribution in [1.29, 1.82) is 0 Å². The van der Waals surface area contributed by atoms with E-state index < -0.39 is 32.9 Å². The fourth-order valence-electron chi connectivity index (χ4n) is 2.99. The van der Waals surface area contributed by atoms with Gasteiger partial charge in [0.1, 0.15) is 4.90 Å². The number of esters is 1. The fourth-order valence-corrected chi connectivity index (χ4v) is 4.06. The minimum atomic E-state index is -4.16. The van der Waals surface area contributed by atoms with E-state index in [4.69, 9.17) is 21.5 Å². The number of hydrogen-bond donors (Lipinski definition) is 2. The average Bonchev–Trinajstić information content (AvgIpc) is 2.74. The number of benzene rings is 3. The number of amides is 1. The van der Waals surface area contributed by atoms with Gasteiger partial charge in [0.05, 0.1) is 10.6 Å². The molecule has 0 saturated heterocycles. The molecule has 32 heavy (non-hydrogen) atoms. The number of anilines is 1. The van der Waals surface area contributed by atoms with Gasteiger partial charge in [-0.3, -0.25) is 4.79 Å². The minimum Gasteiger partial charge on any atom is -0.444 e. The van der Waals surface area contributed by atoms with E-state index in [-0.39, 0.29) is 10.6 Å². The van der Waals surface area contributed by atoms with Gasteiger partial charge in [-0.1, -0.05) is 54.1 Å². The third kappa shape index (κ3) is 5.53. The van der Waals surface area contributed by atoms with Crippen molar-refractivity contribution in [2.24, 2.45) is 5.14 Å². The van der Waals surface area contributed by atoms with Gasteiger partial charge >= 0.3 is 5.97 Å². The largest absolute Gasteiger partial charge is 0.444 e. The molecule has 0 aliphatic heterocycles. The summed E-state index contributed by atoms with van der Waals surface area (Å²) in [6.45, 7) is 3.74. The number of carbonyl (C=O) groups is 2. The second-order valence-corrected chi connectivity index (χ2v) is 9.13. The third-order valence-electron chi connectivity index (χ3n) is 4.69. The number of halogens is 1. The molecule has 0 unspecified atom stereocenters. The van der Waals surface area contributed by atoms with E-state index in [1.54, 1.807) is 30.3 Å². The van der Waals surface area contributed by atoms with Crippen molar-refractivity contribution in [1.82, 2.24) is 0 Å². The summed E-state index contributed by atoms with van der Waals surface area (Å²) in [5.74, 6) is -1.46. The van der Waals surface area contributed by atoms with E-state index >= 15 is 0 Å². The molecule has 3 aromatic carbocycles. The Labute approximate surface area is 191 Å². The number of carbonyl (C=O) groups excluding carboxylic acids is 2. The molecule has 0 heterocycles. The van der Waals surface area contributed by atoms with E-state index in [0.717, 1.165) is 17.2 Å². The molecule has 0 spiro atoms. The predicted molar refractivity (Wildman–Crippen MR) is 122 cm³/mol. The van der Waals surface area contributed by atoms with Crippen LogP contribution in [-0.4, -0.2) is 20.3 Å². The first-order chi connectivity index (χ1) is 15.1. The van der Waals surface area contributed by atoms with Crippen LogP contribution < -0.4 is 10.5 Å². The summed E-state index contributed by atoms with van der Waals surface area (Å²) in [5.41, 5.74) is 2.73. The molecule has 7 nitrogen and oxygen atoms in total. The molecule has 9 heteroatoms.